The summed E-state index contributed by atoms with van der Waals surface area (Å²) in [5.41, 5.74) is 6.34. The van der Waals surface area contributed by atoms with Crippen molar-refractivity contribution in [2.75, 3.05) is 0 Å². The van der Waals surface area contributed by atoms with Crippen molar-refractivity contribution < 1.29 is 8.83 Å². The Bertz CT molecular complexity index is 2110. The van der Waals surface area contributed by atoms with Crippen molar-refractivity contribution in [3.05, 3.63) is 106 Å². The summed E-state index contributed by atoms with van der Waals surface area (Å²) in [5, 5.41) is 20.3. The van der Waals surface area contributed by atoms with Crippen molar-refractivity contribution in [1.29, 1.82) is 10.5 Å². The summed E-state index contributed by atoms with van der Waals surface area (Å²) in [6.45, 7) is 18.8. The molecule has 0 radical (unpaired) electrons. The van der Waals surface area contributed by atoms with Crippen molar-refractivity contribution in [2.24, 2.45) is 0 Å². The van der Waals surface area contributed by atoms with Gasteiger partial charge < -0.3 is 8.83 Å². The molecule has 0 aliphatic heterocycles. The third-order valence-corrected chi connectivity index (χ3v) is 6.69. The average molecular weight is 517 g/mol. The lowest BCUT2D eigenvalue weighted by Crippen LogP contribution is -2.02. The molecule has 0 spiro atoms. The third kappa shape index (κ3) is 3.74. The van der Waals surface area contributed by atoms with Gasteiger partial charge in [0, 0.05) is 21.9 Å². The topological polar surface area (TPSA) is 108 Å². The summed E-state index contributed by atoms with van der Waals surface area (Å²) >= 11 is 0. The quantitative estimate of drug-likeness (QED) is 0.255. The normalized spacial score (nSPS) is 12.4. The summed E-state index contributed by atoms with van der Waals surface area (Å²) in [6.07, 6.45) is 0. The number of hydrogen-bond donors (Lipinski definition) is 0. The van der Waals surface area contributed by atoms with Crippen LogP contribution in [0.4, 0.5) is 0 Å². The predicted molar refractivity (Wildman–Crippen MR) is 150 cm³/mol. The molecule has 6 aromatic rings. The van der Waals surface area contributed by atoms with Crippen LogP contribution in [0.5, 0.6) is 0 Å². The van der Waals surface area contributed by atoms with Gasteiger partial charge in [-0.25, -0.2) is 30.2 Å². The number of aryl methyl sites for hydroxylation is 2. The van der Waals surface area contributed by atoms with Crippen LogP contribution < -0.4 is 11.1 Å². The Kier molecular flexibility index (Phi) is 5.59. The molecule has 40 heavy (non-hydrogen) atoms. The van der Waals surface area contributed by atoms with E-state index in [4.69, 9.17) is 22.0 Å². The lowest BCUT2D eigenvalue weighted by molar-refractivity contribution is 0.559. The largest absolute Gasteiger partial charge is 0.445 e. The fourth-order valence-corrected chi connectivity index (χ4v) is 4.68. The zero-order valence-electron chi connectivity index (χ0n) is 21.3. The zero-order chi connectivity index (χ0) is 28.0. The Balaban J connectivity index is 1.87. The molecule has 0 bridgehead atoms. The van der Waals surface area contributed by atoms with Gasteiger partial charge in [-0.15, -0.1) is 0 Å². The van der Waals surface area contributed by atoms with Crippen LogP contribution in [0.15, 0.2) is 69.5 Å². The van der Waals surface area contributed by atoms with E-state index in [9.17, 15) is 10.5 Å². The minimum Gasteiger partial charge on any atom is -0.445 e. The van der Waals surface area contributed by atoms with Crippen molar-refractivity contribution in [1.82, 2.24) is 9.97 Å². The van der Waals surface area contributed by atoms with Crippen LogP contribution in [0.1, 0.15) is 11.1 Å². The lowest BCUT2D eigenvalue weighted by atomic mass is 9.94. The highest BCUT2D eigenvalue weighted by atomic mass is 16.3. The van der Waals surface area contributed by atoms with Gasteiger partial charge >= 0.3 is 11.4 Å². The molecule has 2 heterocycles. The van der Waals surface area contributed by atoms with Crippen LogP contribution in [0, 0.1) is 49.7 Å². The molecule has 0 N–H and O–H groups in total. The molecule has 8 nitrogen and oxygen atoms in total. The number of aromatic nitrogens is 2. The Morgan fingerprint density at radius 3 is 1.38 bits per heavy atom. The van der Waals surface area contributed by atoms with Crippen LogP contribution in [-0.4, -0.2) is 9.97 Å². The second-order valence-electron chi connectivity index (χ2n) is 9.21. The summed E-state index contributed by atoms with van der Waals surface area (Å²) in [4.78, 5) is 15.7. The van der Waals surface area contributed by atoms with Crippen LogP contribution in [-0.2, 0) is 0 Å². The summed E-state index contributed by atoms with van der Waals surface area (Å²) in [7, 11) is 0. The molecule has 0 unspecified atom stereocenters. The van der Waals surface area contributed by atoms with E-state index in [0.717, 1.165) is 22.3 Å². The van der Waals surface area contributed by atoms with Crippen LogP contribution in [0.25, 0.3) is 76.3 Å². The minimum absolute atomic E-state index is 0.0725. The van der Waals surface area contributed by atoms with E-state index in [1.807, 2.05) is 86.6 Å². The van der Waals surface area contributed by atoms with Crippen molar-refractivity contribution in [3.8, 4) is 34.4 Å². The standard InChI is InChI=1S/C32H16N6O2/c1-17-5-9-19(10-6-17)21-13-23-24(29-27(21)37-31(39-29)25(15-33)35-3)14-22(20-11-7-18(2)8-12-20)28-30(23)40-32(38-28)26(16-34)36-4/h5-14H,1-2H3/b31-25-,32-26+. The first-order chi connectivity index (χ1) is 19.4. The first-order valence-corrected chi connectivity index (χ1v) is 12.1. The van der Waals surface area contributed by atoms with Crippen LogP contribution in [0.3, 0.4) is 0 Å². The third-order valence-electron chi connectivity index (χ3n) is 6.69. The van der Waals surface area contributed by atoms with Crippen molar-refractivity contribution in [3.63, 3.8) is 0 Å². The highest BCUT2D eigenvalue weighted by Crippen LogP contribution is 2.40. The molecule has 0 atom stereocenters. The summed E-state index contributed by atoms with van der Waals surface area (Å²) < 4.78 is 12.2. The molecule has 2 aromatic heterocycles. The maximum atomic E-state index is 9.52. The monoisotopic (exact) mass is 516 g/mol. The molecule has 4 aromatic carbocycles. The SMILES string of the molecule is [C-]#[N+]/C(C#N)=c1/nc2c(-c3ccc(C)cc3)cc3c(cc(-c4ccc(C)cc4)c4n/c(=C(/C#N)[N+]#[C-])oc43)c2o1. The number of hydrogen-bond acceptors (Lipinski definition) is 6. The maximum Gasteiger partial charge on any atom is 0.322 e. The van der Waals surface area contributed by atoms with Gasteiger partial charge in [0.15, 0.2) is 11.2 Å². The van der Waals surface area contributed by atoms with Crippen molar-refractivity contribution >= 4 is 44.4 Å². The Morgan fingerprint density at radius 2 is 1.05 bits per heavy atom. The summed E-state index contributed by atoms with van der Waals surface area (Å²) in [5.74, 6) is 0. The predicted octanol–water partition coefficient (Wildman–Crippen LogP) is 6.18. The van der Waals surface area contributed by atoms with E-state index < -0.39 is 0 Å². The highest BCUT2D eigenvalue weighted by molar-refractivity contribution is 6.19. The fraction of sp³-hybridized carbons (Fsp3) is 0.0625. The smallest absolute Gasteiger partial charge is 0.322 e. The Morgan fingerprint density at radius 1 is 0.675 bits per heavy atom. The number of nitriles is 2. The number of oxazole rings is 2. The molecule has 6 rings (SSSR count). The van der Waals surface area contributed by atoms with E-state index in [-0.39, 0.29) is 22.5 Å². The van der Waals surface area contributed by atoms with Gasteiger partial charge in [-0.2, -0.15) is 0 Å². The van der Waals surface area contributed by atoms with Gasteiger partial charge in [0.05, 0.1) is 25.3 Å². The number of benzene rings is 4. The lowest BCUT2D eigenvalue weighted by Gasteiger charge is -2.10. The minimum atomic E-state index is -0.258. The molecular weight excluding hydrogens is 500 g/mol. The second kappa shape index (κ2) is 9.26. The number of nitrogens with zero attached hydrogens (tertiary/aromatic N) is 6. The van der Waals surface area contributed by atoms with Gasteiger partial charge in [-0.1, -0.05) is 59.7 Å². The van der Waals surface area contributed by atoms with Gasteiger partial charge in [-0.05, 0) is 37.1 Å². The molecule has 186 valence electrons. The molecule has 0 amide bonds. The molecule has 0 fully saturated rings. The fourth-order valence-electron chi connectivity index (χ4n) is 4.68. The van der Waals surface area contributed by atoms with Crippen LogP contribution >= 0.6 is 0 Å². The van der Waals surface area contributed by atoms with E-state index in [1.165, 1.54) is 0 Å². The average Bonchev–Trinajstić information content (AvgIpc) is 3.61. The van der Waals surface area contributed by atoms with E-state index in [1.54, 1.807) is 0 Å². The van der Waals surface area contributed by atoms with Crippen LogP contribution in [0.2, 0.25) is 0 Å². The first kappa shape index (κ1) is 24.1. The Hall–Kier alpha value is -6.22. The van der Waals surface area contributed by atoms with Gasteiger partial charge in [-0.3, -0.25) is 0 Å². The molecule has 0 aliphatic carbocycles. The molecule has 0 aliphatic rings. The highest BCUT2D eigenvalue weighted by Gasteiger charge is 2.22. The van der Waals surface area contributed by atoms with E-state index in [0.29, 0.717) is 44.1 Å². The van der Waals surface area contributed by atoms with Gasteiger partial charge in [0.1, 0.15) is 11.0 Å². The van der Waals surface area contributed by atoms with E-state index >= 15 is 0 Å². The number of fused-ring (bicyclic) bond motifs is 5. The molecule has 8 heteroatoms. The molecular formula is C32H16N6O2. The second-order valence-corrected chi connectivity index (χ2v) is 9.21. The number of rotatable bonds is 2. The molecule has 0 saturated carbocycles. The maximum absolute atomic E-state index is 9.52. The van der Waals surface area contributed by atoms with Gasteiger partial charge in [0.2, 0.25) is 11.1 Å². The zero-order valence-corrected chi connectivity index (χ0v) is 21.3. The van der Waals surface area contributed by atoms with E-state index in [2.05, 4.69) is 19.7 Å². The first-order valence-electron chi connectivity index (χ1n) is 12.1. The summed E-state index contributed by atoms with van der Waals surface area (Å²) in [6, 6.07) is 23.3. The van der Waals surface area contributed by atoms with Gasteiger partial charge in [0.25, 0.3) is 0 Å². The van der Waals surface area contributed by atoms with Crippen molar-refractivity contribution in [2.45, 2.75) is 13.8 Å². The Labute approximate surface area is 227 Å². The molecule has 0 saturated heterocycles.